The Kier molecular flexibility index (Phi) is 3.96. The molecule has 14 heavy (non-hydrogen) atoms. The smallest absolute Gasteiger partial charge is 0.103 e. The second kappa shape index (κ2) is 5.01. The van der Waals surface area contributed by atoms with Crippen LogP contribution in [0, 0.1) is 0 Å². The third-order valence-corrected chi connectivity index (χ3v) is 2.17. The zero-order valence-electron chi connectivity index (χ0n) is 8.86. The lowest BCUT2D eigenvalue weighted by atomic mass is 9.98. The van der Waals surface area contributed by atoms with E-state index in [0.29, 0.717) is 6.42 Å². The summed E-state index contributed by atoms with van der Waals surface area (Å²) in [7, 11) is 0. The minimum atomic E-state index is -0.719. The zero-order valence-corrected chi connectivity index (χ0v) is 8.86. The van der Waals surface area contributed by atoms with Gasteiger partial charge in [0, 0.05) is 6.42 Å². The van der Waals surface area contributed by atoms with Gasteiger partial charge in [0.1, 0.15) is 5.76 Å². The normalized spacial score (nSPS) is 15.9. The predicted molar refractivity (Wildman–Crippen MR) is 57.1 cm³/mol. The monoisotopic (exact) mass is 194 g/mol. The van der Waals surface area contributed by atoms with Gasteiger partial charge in [-0.2, -0.15) is 0 Å². The zero-order chi connectivity index (χ0) is 10.4. The van der Waals surface area contributed by atoms with Crippen LogP contribution in [0.5, 0.6) is 0 Å². The summed E-state index contributed by atoms with van der Waals surface area (Å²) >= 11 is 0. The van der Waals surface area contributed by atoms with E-state index in [-0.39, 0.29) is 0 Å². The highest BCUT2D eigenvalue weighted by Gasteiger charge is 2.16. The second-order valence-electron chi connectivity index (χ2n) is 3.75. The summed E-state index contributed by atoms with van der Waals surface area (Å²) in [5.41, 5.74) is -0.719. The summed E-state index contributed by atoms with van der Waals surface area (Å²) in [6.45, 7) is 3.88. The molecule has 0 spiro atoms. The molecule has 0 aliphatic heterocycles. The molecule has 0 saturated heterocycles. The van der Waals surface area contributed by atoms with Gasteiger partial charge in [0.15, 0.2) is 0 Å². The highest BCUT2D eigenvalue weighted by molar-refractivity contribution is 5.03. The van der Waals surface area contributed by atoms with Crippen molar-refractivity contribution in [2.75, 3.05) is 0 Å². The second-order valence-corrected chi connectivity index (χ2v) is 3.75. The lowest BCUT2D eigenvalue weighted by Gasteiger charge is -2.17. The predicted octanol–water partition coefficient (Wildman–Crippen LogP) is 2.93. The summed E-state index contributed by atoms with van der Waals surface area (Å²) in [5, 5.41) is 9.92. The number of allylic oxidation sites excluding steroid dienone is 1. The quantitative estimate of drug-likeness (QED) is 0.731. The van der Waals surface area contributed by atoms with Crippen molar-refractivity contribution in [1.29, 1.82) is 0 Å². The molecular formula is C12H18O2. The molecule has 0 bridgehead atoms. The highest BCUT2D eigenvalue weighted by atomic mass is 16.3. The summed E-state index contributed by atoms with van der Waals surface area (Å²) < 4.78 is 5.20. The Bertz CT molecular complexity index is 271. The van der Waals surface area contributed by atoms with Gasteiger partial charge in [-0.15, -0.1) is 0 Å². The fourth-order valence-corrected chi connectivity index (χ4v) is 1.29. The lowest BCUT2D eigenvalue weighted by molar-refractivity contribution is 0.100. The molecule has 1 rings (SSSR count). The van der Waals surface area contributed by atoms with Crippen molar-refractivity contribution in [1.82, 2.24) is 0 Å². The van der Waals surface area contributed by atoms with E-state index in [1.165, 1.54) is 0 Å². The Labute approximate surface area is 85.2 Å². The highest BCUT2D eigenvalue weighted by Crippen LogP contribution is 2.15. The molecule has 0 radical (unpaired) electrons. The maximum Gasteiger partial charge on any atom is 0.103 e. The first-order valence-electron chi connectivity index (χ1n) is 5.06. The third-order valence-electron chi connectivity index (χ3n) is 2.17. The van der Waals surface area contributed by atoms with Crippen molar-refractivity contribution in [3.05, 3.63) is 36.3 Å². The standard InChI is InChI=1S/C12H18O2/c1-3-4-8-12(2,13)9-7-11-6-5-10-14-11/h4-6,8,10,13H,3,7,9H2,1-2H3/b8-4+. The van der Waals surface area contributed by atoms with Crippen molar-refractivity contribution in [3.8, 4) is 0 Å². The number of rotatable bonds is 5. The molecule has 1 heterocycles. The molecule has 0 aliphatic rings. The van der Waals surface area contributed by atoms with Crippen molar-refractivity contribution in [2.24, 2.45) is 0 Å². The van der Waals surface area contributed by atoms with E-state index < -0.39 is 5.60 Å². The number of hydrogen-bond acceptors (Lipinski definition) is 2. The molecule has 0 aliphatic carbocycles. The van der Waals surface area contributed by atoms with E-state index in [1.807, 2.05) is 31.2 Å². The van der Waals surface area contributed by atoms with Gasteiger partial charge in [0.05, 0.1) is 11.9 Å². The Balaban J connectivity index is 2.40. The van der Waals surface area contributed by atoms with Crippen LogP contribution in [0.3, 0.4) is 0 Å². The van der Waals surface area contributed by atoms with Crippen LogP contribution in [-0.2, 0) is 6.42 Å². The first-order chi connectivity index (χ1) is 6.64. The van der Waals surface area contributed by atoms with E-state index in [4.69, 9.17) is 4.42 Å². The topological polar surface area (TPSA) is 33.4 Å². The number of aliphatic hydroxyl groups is 1. The Hall–Kier alpha value is -1.02. The molecule has 1 atom stereocenters. The van der Waals surface area contributed by atoms with Crippen molar-refractivity contribution >= 4 is 0 Å². The van der Waals surface area contributed by atoms with Crippen molar-refractivity contribution in [2.45, 2.75) is 38.7 Å². The Morgan fingerprint density at radius 1 is 1.57 bits per heavy atom. The van der Waals surface area contributed by atoms with Gasteiger partial charge < -0.3 is 9.52 Å². The first kappa shape index (κ1) is 11.1. The largest absolute Gasteiger partial charge is 0.469 e. The molecule has 1 aromatic rings. The molecule has 78 valence electrons. The molecular weight excluding hydrogens is 176 g/mol. The van der Waals surface area contributed by atoms with Gasteiger partial charge >= 0.3 is 0 Å². The molecule has 0 aromatic carbocycles. The van der Waals surface area contributed by atoms with E-state index in [9.17, 15) is 5.11 Å². The number of hydrogen-bond donors (Lipinski definition) is 1. The van der Waals surface area contributed by atoms with E-state index in [2.05, 4.69) is 6.92 Å². The van der Waals surface area contributed by atoms with Crippen LogP contribution in [0.25, 0.3) is 0 Å². The van der Waals surface area contributed by atoms with Crippen molar-refractivity contribution in [3.63, 3.8) is 0 Å². The molecule has 1 unspecified atom stereocenters. The third kappa shape index (κ3) is 3.79. The molecule has 0 amide bonds. The van der Waals surface area contributed by atoms with Gasteiger partial charge in [0.2, 0.25) is 0 Å². The van der Waals surface area contributed by atoms with Crippen LogP contribution in [0.1, 0.15) is 32.4 Å². The van der Waals surface area contributed by atoms with Crippen LogP contribution in [0.4, 0.5) is 0 Å². The fourth-order valence-electron chi connectivity index (χ4n) is 1.29. The minimum absolute atomic E-state index is 0.691. The van der Waals surface area contributed by atoms with Gasteiger partial charge in [0.25, 0.3) is 0 Å². The summed E-state index contributed by atoms with van der Waals surface area (Å²) in [5.74, 6) is 0.926. The summed E-state index contributed by atoms with van der Waals surface area (Å²) in [4.78, 5) is 0. The number of aryl methyl sites for hydroxylation is 1. The lowest BCUT2D eigenvalue weighted by Crippen LogP contribution is -2.21. The van der Waals surface area contributed by atoms with Crippen LogP contribution in [-0.4, -0.2) is 10.7 Å². The Morgan fingerprint density at radius 3 is 2.93 bits per heavy atom. The maximum atomic E-state index is 9.92. The average molecular weight is 194 g/mol. The van der Waals surface area contributed by atoms with Gasteiger partial charge in [-0.3, -0.25) is 0 Å². The summed E-state index contributed by atoms with van der Waals surface area (Å²) in [6, 6.07) is 3.80. The van der Waals surface area contributed by atoms with E-state index in [1.54, 1.807) is 6.26 Å². The first-order valence-corrected chi connectivity index (χ1v) is 5.06. The fraction of sp³-hybridized carbons (Fsp3) is 0.500. The SMILES string of the molecule is CC/C=C/C(C)(O)CCc1ccco1. The van der Waals surface area contributed by atoms with Crippen molar-refractivity contribution < 1.29 is 9.52 Å². The maximum absolute atomic E-state index is 9.92. The molecule has 1 N–H and O–H groups in total. The molecule has 1 aromatic heterocycles. The van der Waals surface area contributed by atoms with Crippen LogP contribution < -0.4 is 0 Å². The van der Waals surface area contributed by atoms with Crippen LogP contribution in [0.15, 0.2) is 35.0 Å². The average Bonchev–Trinajstić information content (AvgIpc) is 2.64. The van der Waals surface area contributed by atoms with Gasteiger partial charge in [-0.1, -0.05) is 19.1 Å². The van der Waals surface area contributed by atoms with Gasteiger partial charge in [-0.05, 0) is 31.9 Å². The molecule has 0 fully saturated rings. The molecule has 2 heteroatoms. The molecule has 2 nitrogen and oxygen atoms in total. The minimum Gasteiger partial charge on any atom is -0.469 e. The number of furan rings is 1. The van der Waals surface area contributed by atoms with E-state index >= 15 is 0 Å². The van der Waals surface area contributed by atoms with E-state index in [0.717, 1.165) is 18.6 Å². The van der Waals surface area contributed by atoms with Gasteiger partial charge in [-0.25, -0.2) is 0 Å². The molecule has 0 saturated carbocycles. The van der Waals surface area contributed by atoms with Crippen LogP contribution >= 0.6 is 0 Å². The Morgan fingerprint density at radius 2 is 2.36 bits per heavy atom. The summed E-state index contributed by atoms with van der Waals surface area (Å²) in [6.07, 6.45) is 7.92. The van der Waals surface area contributed by atoms with Crippen LogP contribution in [0.2, 0.25) is 0 Å².